The highest BCUT2D eigenvalue weighted by atomic mass is 32.1. The second-order valence-electron chi connectivity index (χ2n) is 5.77. The van der Waals surface area contributed by atoms with Crippen molar-refractivity contribution in [3.63, 3.8) is 0 Å². The summed E-state index contributed by atoms with van der Waals surface area (Å²) < 4.78 is 16.8. The Morgan fingerprint density at radius 3 is 2.52 bits per heavy atom. The number of nitrogens with zero attached hydrogens (tertiary/aromatic N) is 1. The molecule has 1 aromatic carbocycles. The monoisotopic (exact) mass is 394 g/mol. The third-order valence-electron chi connectivity index (χ3n) is 3.86. The first-order valence-electron chi connectivity index (χ1n) is 8.18. The van der Waals surface area contributed by atoms with E-state index in [0.29, 0.717) is 17.2 Å². The Hall–Kier alpha value is -2.81. The van der Waals surface area contributed by atoms with Gasteiger partial charge in [0.05, 0.1) is 14.2 Å². The Bertz CT molecular complexity index is 873. The van der Waals surface area contributed by atoms with Gasteiger partial charge in [0.25, 0.3) is 5.91 Å². The molecule has 8 nitrogen and oxygen atoms in total. The van der Waals surface area contributed by atoms with Crippen molar-refractivity contribution in [1.82, 2.24) is 9.88 Å². The summed E-state index contributed by atoms with van der Waals surface area (Å²) in [5, 5.41) is 4.36. The lowest BCUT2D eigenvalue weighted by molar-refractivity contribution is -0.155. The SMILES string of the molecule is COc1ccc(CNC(=O)[C@@H](C)OC(=O)Cn2c(C)csc2=O)cc1OC. The Morgan fingerprint density at radius 2 is 1.93 bits per heavy atom. The number of hydrogen-bond acceptors (Lipinski definition) is 7. The van der Waals surface area contributed by atoms with Crippen LogP contribution in [-0.2, 0) is 27.4 Å². The number of esters is 1. The molecule has 2 aromatic rings. The van der Waals surface area contributed by atoms with Gasteiger partial charge < -0.3 is 19.5 Å². The molecule has 1 amide bonds. The molecule has 9 heteroatoms. The summed E-state index contributed by atoms with van der Waals surface area (Å²) in [6, 6.07) is 5.29. The van der Waals surface area contributed by atoms with Crippen LogP contribution in [0.1, 0.15) is 18.2 Å². The molecule has 0 saturated heterocycles. The first-order valence-corrected chi connectivity index (χ1v) is 9.06. The van der Waals surface area contributed by atoms with Crippen LogP contribution in [-0.4, -0.2) is 36.8 Å². The predicted molar refractivity (Wildman–Crippen MR) is 100 cm³/mol. The molecular weight excluding hydrogens is 372 g/mol. The van der Waals surface area contributed by atoms with Crippen LogP contribution in [0.4, 0.5) is 0 Å². The second kappa shape index (κ2) is 9.22. The van der Waals surface area contributed by atoms with Crippen molar-refractivity contribution in [2.24, 2.45) is 0 Å². The van der Waals surface area contributed by atoms with E-state index in [2.05, 4.69) is 5.32 Å². The van der Waals surface area contributed by atoms with E-state index >= 15 is 0 Å². The third kappa shape index (κ3) is 5.33. The molecule has 0 fully saturated rings. The summed E-state index contributed by atoms with van der Waals surface area (Å²) in [5.41, 5.74) is 1.48. The quantitative estimate of drug-likeness (QED) is 0.682. The highest BCUT2D eigenvalue weighted by molar-refractivity contribution is 7.07. The molecule has 27 heavy (non-hydrogen) atoms. The van der Waals surface area contributed by atoms with E-state index in [0.717, 1.165) is 16.9 Å². The topological polar surface area (TPSA) is 95.9 Å². The second-order valence-corrected chi connectivity index (χ2v) is 6.59. The minimum Gasteiger partial charge on any atom is -0.493 e. The maximum absolute atomic E-state index is 12.2. The molecule has 1 heterocycles. The van der Waals surface area contributed by atoms with E-state index in [-0.39, 0.29) is 18.0 Å². The Labute approximate surface area is 160 Å². The highest BCUT2D eigenvalue weighted by Gasteiger charge is 2.19. The Kier molecular flexibility index (Phi) is 7.00. The van der Waals surface area contributed by atoms with E-state index in [1.54, 1.807) is 37.6 Å². The van der Waals surface area contributed by atoms with Gasteiger partial charge in [-0.2, -0.15) is 0 Å². The first-order chi connectivity index (χ1) is 12.8. The number of rotatable bonds is 8. The van der Waals surface area contributed by atoms with Crippen LogP contribution in [0, 0.1) is 6.92 Å². The lowest BCUT2D eigenvalue weighted by Gasteiger charge is -2.15. The van der Waals surface area contributed by atoms with Gasteiger partial charge in [-0.3, -0.25) is 19.0 Å². The fraction of sp³-hybridized carbons (Fsp3) is 0.389. The summed E-state index contributed by atoms with van der Waals surface area (Å²) in [6.07, 6.45) is -0.979. The van der Waals surface area contributed by atoms with Gasteiger partial charge in [-0.15, -0.1) is 0 Å². The van der Waals surface area contributed by atoms with Crippen LogP contribution in [0.15, 0.2) is 28.4 Å². The summed E-state index contributed by atoms with van der Waals surface area (Å²) in [6.45, 7) is 3.22. The van der Waals surface area contributed by atoms with Gasteiger partial charge in [-0.05, 0) is 31.5 Å². The van der Waals surface area contributed by atoms with Crippen LogP contribution in [0.3, 0.4) is 0 Å². The largest absolute Gasteiger partial charge is 0.493 e. The van der Waals surface area contributed by atoms with Crippen molar-refractivity contribution >= 4 is 23.2 Å². The molecule has 1 N–H and O–H groups in total. The maximum Gasteiger partial charge on any atom is 0.326 e. The van der Waals surface area contributed by atoms with Crippen LogP contribution in [0.5, 0.6) is 11.5 Å². The number of ether oxygens (including phenoxy) is 3. The van der Waals surface area contributed by atoms with Crippen molar-refractivity contribution < 1.29 is 23.8 Å². The number of benzene rings is 1. The zero-order chi connectivity index (χ0) is 20.0. The van der Waals surface area contributed by atoms with Gasteiger partial charge in [0.1, 0.15) is 6.54 Å². The number of thiazole rings is 1. The molecule has 0 saturated carbocycles. The van der Waals surface area contributed by atoms with Crippen molar-refractivity contribution in [3.8, 4) is 11.5 Å². The van der Waals surface area contributed by atoms with Gasteiger partial charge in [-0.25, -0.2) is 0 Å². The molecule has 0 bridgehead atoms. The number of aryl methyl sites for hydroxylation is 1. The molecular formula is C18H22N2O6S. The minimum absolute atomic E-state index is 0.221. The lowest BCUT2D eigenvalue weighted by atomic mass is 10.2. The zero-order valence-corrected chi connectivity index (χ0v) is 16.4. The zero-order valence-electron chi connectivity index (χ0n) is 15.6. The van der Waals surface area contributed by atoms with Gasteiger partial charge in [0.2, 0.25) is 0 Å². The number of carbonyl (C=O) groups excluding carboxylic acids is 2. The average molecular weight is 394 g/mol. The highest BCUT2D eigenvalue weighted by Crippen LogP contribution is 2.27. The van der Waals surface area contributed by atoms with Crippen molar-refractivity contribution in [3.05, 3.63) is 44.5 Å². The van der Waals surface area contributed by atoms with Gasteiger partial charge >= 0.3 is 10.8 Å². The minimum atomic E-state index is -0.979. The van der Waals surface area contributed by atoms with E-state index < -0.39 is 18.0 Å². The molecule has 0 aliphatic heterocycles. The van der Waals surface area contributed by atoms with Crippen LogP contribution in [0.2, 0.25) is 0 Å². The van der Waals surface area contributed by atoms with Gasteiger partial charge in [0, 0.05) is 17.6 Å². The Balaban J connectivity index is 1.88. The van der Waals surface area contributed by atoms with Crippen molar-refractivity contribution in [2.75, 3.05) is 14.2 Å². The van der Waals surface area contributed by atoms with Crippen LogP contribution < -0.4 is 19.7 Å². The van der Waals surface area contributed by atoms with Crippen molar-refractivity contribution in [2.45, 2.75) is 33.0 Å². The molecule has 0 unspecified atom stereocenters. The van der Waals surface area contributed by atoms with Crippen LogP contribution >= 0.6 is 11.3 Å². The summed E-state index contributed by atoms with van der Waals surface area (Å²) in [7, 11) is 3.07. The third-order valence-corrected chi connectivity index (χ3v) is 4.74. The maximum atomic E-state index is 12.2. The summed E-state index contributed by atoms with van der Waals surface area (Å²) in [5.74, 6) is 0.0639. The number of carbonyl (C=O) groups is 2. The molecule has 0 aliphatic carbocycles. The van der Waals surface area contributed by atoms with E-state index in [1.807, 2.05) is 0 Å². The fourth-order valence-corrected chi connectivity index (χ4v) is 3.07. The van der Waals surface area contributed by atoms with Gasteiger partial charge in [0.15, 0.2) is 17.6 Å². The number of methoxy groups -OCH3 is 2. The number of nitrogens with one attached hydrogen (secondary N) is 1. The molecule has 0 radical (unpaired) electrons. The Morgan fingerprint density at radius 1 is 1.22 bits per heavy atom. The van der Waals surface area contributed by atoms with Crippen molar-refractivity contribution in [1.29, 1.82) is 0 Å². The number of amides is 1. The van der Waals surface area contributed by atoms with E-state index in [4.69, 9.17) is 14.2 Å². The molecule has 1 aromatic heterocycles. The average Bonchev–Trinajstić information content (AvgIpc) is 2.97. The normalized spacial score (nSPS) is 11.6. The molecule has 0 spiro atoms. The number of aromatic nitrogens is 1. The predicted octanol–water partition coefficient (Wildman–Crippen LogP) is 1.48. The van der Waals surface area contributed by atoms with E-state index in [9.17, 15) is 14.4 Å². The molecule has 1 atom stereocenters. The smallest absolute Gasteiger partial charge is 0.326 e. The number of hydrogen-bond donors (Lipinski definition) is 1. The molecule has 2 rings (SSSR count). The van der Waals surface area contributed by atoms with Crippen LogP contribution in [0.25, 0.3) is 0 Å². The first kappa shape index (κ1) is 20.5. The summed E-state index contributed by atoms with van der Waals surface area (Å²) >= 11 is 1.01. The molecule has 146 valence electrons. The molecule has 0 aliphatic rings. The summed E-state index contributed by atoms with van der Waals surface area (Å²) in [4.78, 5) is 35.5. The standard InChI is InChI=1S/C18H22N2O6S/c1-11-10-27-18(23)20(11)9-16(21)26-12(2)17(22)19-8-13-5-6-14(24-3)15(7-13)25-4/h5-7,10,12H,8-9H2,1-4H3,(H,19,22)/t12-/m1/s1. The lowest BCUT2D eigenvalue weighted by Crippen LogP contribution is -2.36. The van der Waals surface area contributed by atoms with Gasteiger partial charge in [-0.1, -0.05) is 17.4 Å². The fourth-order valence-electron chi connectivity index (χ4n) is 2.34. The van der Waals surface area contributed by atoms with E-state index in [1.165, 1.54) is 18.6 Å².